The van der Waals surface area contributed by atoms with Gasteiger partial charge in [0.1, 0.15) is 0 Å². The third-order valence-electron chi connectivity index (χ3n) is 5.07. The van der Waals surface area contributed by atoms with Crippen LogP contribution < -0.4 is 5.32 Å². The third kappa shape index (κ3) is 4.12. The van der Waals surface area contributed by atoms with Crippen molar-refractivity contribution >= 4 is 11.8 Å². The normalized spacial score (nSPS) is 32.4. The molecule has 0 bridgehead atoms. The summed E-state index contributed by atoms with van der Waals surface area (Å²) in [6.45, 7) is 4.66. The Bertz CT molecular complexity index is 281. The lowest BCUT2D eigenvalue weighted by Crippen LogP contribution is -2.43. The lowest BCUT2D eigenvalue weighted by Gasteiger charge is -2.44. The van der Waals surface area contributed by atoms with Crippen molar-refractivity contribution in [2.75, 3.05) is 24.7 Å². The molecule has 3 heteroatoms. The first kappa shape index (κ1) is 14.2. The molecule has 3 rings (SSSR count). The van der Waals surface area contributed by atoms with Gasteiger partial charge in [-0.2, -0.15) is 11.8 Å². The van der Waals surface area contributed by atoms with Gasteiger partial charge in [0.15, 0.2) is 0 Å². The van der Waals surface area contributed by atoms with E-state index in [-0.39, 0.29) is 5.60 Å². The zero-order valence-electron chi connectivity index (χ0n) is 12.3. The number of hydrogen-bond donors (Lipinski definition) is 1. The summed E-state index contributed by atoms with van der Waals surface area (Å²) in [5.74, 6) is 4.36. The van der Waals surface area contributed by atoms with Crippen molar-refractivity contribution < 1.29 is 4.74 Å². The van der Waals surface area contributed by atoms with Gasteiger partial charge < -0.3 is 10.1 Å². The molecule has 2 saturated heterocycles. The van der Waals surface area contributed by atoms with Crippen LogP contribution in [0.2, 0.25) is 0 Å². The van der Waals surface area contributed by atoms with Gasteiger partial charge in [-0.05, 0) is 74.8 Å². The van der Waals surface area contributed by atoms with Gasteiger partial charge >= 0.3 is 0 Å². The summed E-state index contributed by atoms with van der Waals surface area (Å²) in [6, 6.07) is 0.860. The molecule has 2 heterocycles. The van der Waals surface area contributed by atoms with E-state index in [0.717, 1.165) is 24.5 Å². The van der Waals surface area contributed by atoms with Gasteiger partial charge in [0.05, 0.1) is 5.60 Å². The Kier molecular flexibility index (Phi) is 4.76. The van der Waals surface area contributed by atoms with Gasteiger partial charge in [-0.15, -0.1) is 0 Å². The van der Waals surface area contributed by atoms with E-state index >= 15 is 0 Å². The van der Waals surface area contributed by atoms with Crippen molar-refractivity contribution in [2.24, 2.45) is 11.8 Å². The van der Waals surface area contributed by atoms with Crippen LogP contribution >= 0.6 is 11.8 Å². The van der Waals surface area contributed by atoms with Crippen molar-refractivity contribution in [1.82, 2.24) is 5.32 Å². The zero-order valence-corrected chi connectivity index (χ0v) is 13.1. The molecule has 2 nitrogen and oxygen atoms in total. The molecule has 110 valence electrons. The summed E-state index contributed by atoms with van der Waals surface area (Å²) in [4.78, 5) is 0. The van der Waals surface area contributed by atoms with E-state index in [1.807, 2.05) is 0 Å². The number of nitrogens with one attached hydrogen (secondary N) is 1. The van der Waals surface area contributed by atoms with Crippen LogP contribution in [0.15, 0.2) is 0 Å². The summed E-state index contributed by atoms with van der Waals surface area (Å²) in [7, 11) is 0. The summed E-state index contributed by atoms with van der Waals surface area (Å²) in [5, 5.41) is 3.68. The van der Waals surface area contributed by atoms with Crippen molar-refractivity contribution in [3.8, 4) is 0 Å². The molecular weight excluding hydrogens is 254 g/mol. The van der Waals surface area contributed by atoms with Gasteiger partial charge in [0.25, 0.3) is 0 Å². The average molecular weight is 283 g/mol. The highest BCUT2D eigenvalue weighted by Gasteiger charge is 2.38. The van der Waals surface area contributed by atoms with E-state index in [1.54, 1.807) is 0 Å². The van der Waals surface area contributed by atoms with Crippen LogP contribution in [0.25, 0.3) is 0 Å². The molecule has 0 aromatic carbocycles. The maximum Gasteiger partial charge on any atom is 0.0700 e. The Morgan fingerprint density at radius 1 is 1.26 bits per heavy atom. The predicted molar refractivity (Wildman–Crippen MR) is 82.8 cm³/mol. The Balaban J connectivity index is 1.44. The molecule has 1 saturated carbocycles. The highest BCUT2D eigenvalue weighted by molar-refractivity contribution is 7.99. The molecule has 2 atom stereocenters. The second-order valence-electron chi connectivity index (χ2n) is 7.03. The molecule has 2 unspecified atom stereocenters. The monoisotopic (exact) mass is 283 g/mol. The maximum atomic E-state index is 6.20. The number of rotatable bonds is 5. The van der Waals surface area contributed by atoms with Crippen LogP contribution in [-0.2, 0) is 4.74 Å². The van der Waals surface area contributed by atoms with Crippen LogP contribution in [0.1, 0.15) is 51.9 Å². The fourth-order valence-corrected chi connectivity index (χ4v) is 4.97. The Hall–Kier alpha value is 0.270. The van der Waals surface area contributed by atoms with E-state index < -0.39 is 0 Å². The molecule has 3 fully saturated rings. The maximum absolute atomic E-state index is 6.20. The van der Waals surface area contributed by atoms with E-state index in [9.17, 15) is 0 Å². The smallest absolute Gasteiger partial charge is 0.0700 e. The fourth-order valence-electron chi connectivity index (χ4n) is 3.73. The molecule has 0 radical (unpaired) electrons. The first-order valence-electron chi connectivity index (χ1n) is 8.21. The van der Waals surface area contributed by atoms with Crippen LogP contribution in [0.4, 0.5) is 0 Å². The largest absolute Gasteiger partial charge is 0.375 e. The Morgan fingerprint density at radius 2 is 2.05 bits per heavy atom. The minimum absolute atomic E-state index is 0.276. The molecule has 0 aromatic rings. The lowest BCUT2D eigenvalue weighted by molar-refractivity contribution is -0.104. The minimum atomic E-state index is 0.276. The average Bonchev–Trinajstić information content (AvgIpc) is 3.21. The molecule has 19 heavy (non-hydrogen) atoms. The van der Waals surface area contributed by atoms with Crippen molar-refractivity contribution in [1.29, 1.82) is 0 Å². The van der Waals surface area contributed by atoms with Crippen molar-refractivity contribution in [2.45, 2.75) is 63.5 Å². The van der Waals surface area contributed by atoms with Gasteiger partial charge in [-0.25, -0.2) is 0 Å². The summed E-state index contributed by atoms with van der Waals surface area (Å²) >= 11 is 2.11. The molecule has 1 N–H and O–H groups in total. The Morgan fingerprint density at radius 3 is 2.79 bits per heavy atom. The Labute approximate surface area is 122 Å². The van der Waals surface area contributed by atoms with Gasteiger partial charge in [-0.1, -0.05) is 6.92 Å². The number of hydrogen-bond acceptors (Lipinski definition) is 3. The first-order chi connectivity index (χ1) is 9.26. The topological polar surface area (TPSA) is 21.3 Å². The summed E-state index contributed by atoms with van der Waals surface area (Å²) in [6.07, 6.45) is 9.43. The van der Waals surface area contributed by atoms with E-state index in [4.69, 9.17) is 4.74 Å². The summed E-state index contributed by atoms with van der Waals surface area (Å²) < 4.78 is 6.20. The summed E-state index contributed by atoms with van der Waals surface area (Å²) in [5.41, 5.74) is 0.276. The van der Waals surface area contributed by atoms with Crippen LogP contribution in [0, 0.1) is 11.8 Å². The molecule has 0 aromatic heterocycles. The standard InChI is InChI=1S/C16H29NOS/c1-13(12-17-15-2-3-15)10-14-4-7-18-16(11-14)5-8-19-9-6-16/h13-15,17H,2-12H2,1H3. The highest BCUT2D eigenvalue weighted by atomic mass is 32.2. The van der Waals surface area contributed by atoms with E-state index in [0.29, 0.717) is 0 Å². The quantitative estimate of drug-likeness (QED) is 0.835. The van der Waals surface area contributed by atoms with Crippen LogP contribution in [0.5, 0.6) is 0 Å². The third-order valence-corrected chi connectivity index (χ3v) is 6.05. The molecule has 2 aliphatic heterocycles. The highest BCUT2D eigenvalue weighted by Crippen LogP contribution is 2.41. The van der Waals surface area contributed by atoms with Crippen molar-refractivity contribution in [3.05, 3.63) is 0 Å². The lowest BCUT2D eigenvalue weighted by atomic mass is 9.78. The van der Waals surface area contributed by atoms with E-state index in [2.05, 4.69) is 24.0 Å². The molecule has 0 amide bonds. The molecule has 1 aliphatic carbocycles. The number of ether oxygens (including phenoxy) is 1. The first-order valence-corrected chi connectivity index (χ1v) is 9.36. The fraction of sp³-hybridized carbons (Fsp3) is 1.00. The van der Waals surface area contributed by atoms with Gasteiger partial charge in [0, 0.05) is 12.6 Å². The molecular formula is C16H29NOS. The van der Waals surface area contributed by atoms with Gasteiger partial charge in [0.2, 0.25) is 0 Å². The number of thioether (sulfide) groups is 1. The van der Waals surface area contributed by atoms with Crippen molar-refractivity contribution in [3.63, 3.8) is 0 Å². The zero-order chi connectivity index (χ0) is 13.1. The predicted octanol–water partition coefficient (Wildman–Crippen LogP) is 3.46. The van der Waals surface area contributed by atoms with Crippen LogP contribution in [0.3, 0.4) is 0 Å². The SMILES string of the molecule is CC(CNC1CC1)CC1CCOC2(CCSCC2)C1. The van der Waals surface area contributed by atoms with Gasteiger partial charge in [-0.3, -0.25) is 0 Å². The molecule has 1 spiro atoms. The van der Waals surface area contributed by atoms with E-state index in [1.165, 1.54) is 63.0 Å². The van der Waals surface area contributed by atoms with Crippen LogP contribution in [-0.4, -0.2) is 36.3 Å². The second-order valence-corrected chi connectivity index (χ2v) is 8.25. The minimum Gasteiger partial charge on any atom is -0.375 e. The second kappa shape index (κ2) is 6.36. The molecule has 3 aliphatic rings.